The van der Waals surface area contributed by atoms with E-state index in [4.69, 9.17) is 15.3 Å². The molecule has 116 valence electrons. The molecule has 0 aliphatic heterocycles. The highest BCUT2D eigenvalue weighted by Gasteiger charge is 2.36. The number of nitrogens with zero attached hydrogens (tertiary/aromatic N) is 1. The number of hydrogen-bond donors (Lipinski definition) is 2. The van der Waals surface area contributed by atoms with Crippen LogP contribution in [0.3, 0.4) is 0 Å². The molecule has 6 nitrogen and oxygen atoms in total. The Kier molecular flexibility index (Phi) is 4.67. The Bertz CT molecular complexity index is 525. The quantitative estimate of drug-likeness (QED) is 0.795. The second-order valence-corrected chi connectivity index (χ2v) is 5.86. The van der Waals surface area contributed by atoms with E-state index in [2.05, 4.69) is 6.92 Å². The molecule has 1 fully saturated rings. The number of aliphatic carboxylic acids is 1. The smallest absolute Gasteiger partial charge is 0.303 e. The molecule has 3 unspecified atom stereocenters. The zero-order valence-corrected chi connectivity index (χ0v) is 12.4. The predicted molar refractivity (Wildman–Crippen MR) is 76.5 cm³/mol. The molecule has 1 saturated carbocycles. The number of hydrogen-bond acceptors (Lipinski definition) is 4. The highest BCUT2D eigenvalue weighted by molar-refractivity contribution is 5.82. The van der Waals surface area contributed by atoms with Crippen molar-refractivity contribution >= 4 is 11.9 Å². The van der Waals surface area contributed by atoms with Crippen molar-refractivity contribution in [3.05, 3.63) is 23.7 Å². The van der Waals surface area contributed by atoms with Crippen LogP contribution in [-0.4, -0.2) is 35.0 Å². The second kappa shape index (κ2) is 6.30. The van der Waals surface area contributed by atoms with Crippen molar-refractivity contribution in [3.63, 3.8) is 0 Å². The summed E-state index contributed by atoms with van der Waals surface area (Å²) in [5.74, 6) is 1.67. The summed E-state index contributed by atoms with van der Waals surface area (Å²) in [6, 6.07) is 3.06. The summed E-state index contributed by atoms with van der Waals surface area (Å²) in [5.41, 5.74) is 5.72. The molecule has 3 N–H and O–H groups in total. The molecule has 1 aliphatic carbocycles. The van der Waals surface area contributed by atoms with Crippen LogP contribution in [0, 0.1) is 5.92 Å². The molecule has 0 radical (unpaired) electrons. The van der Waals surface area contributed by atoms with Crippen LogP contribution in [0.15, 0.2) is 16.5 Å². The molecule has 6 heteroatoms. The van der Waals surface area contributed by atoms with Gasteiger partial charge < -0.3 is 20.2 Å². The number of likely N-dealkylation sites (N-methyl/N-ethyl adjacent to an activating group) is 1. The molecular formula is C15H22N2O4. The van der Waals surface area contributed by atoms with Gasteiger partial charge in [-0.1, -0.05) is 6.92 Å². The summed E-state index contributed by atoms with van der Waals surface area (Å²) in [4.78, 5) is 24.0. The molecule has 1 aromatic rings. The molecule has 21 heavy (non-hydrogen) atoms. The van der Waals surface area contributed by atoms with Crippen molar-refractivity contribution < 1.29 is 19.1 Å². The fourth-order valence-electron chi connectivity index (χ4n) is 2.39. The van der Waals surface area contributed by atoms with E-state index in [9.17, 15) is 9.59 Å². The van der Waals surface area contributed by atoms with E-state index >= 15 is 0 Å². The monoisotopic (exact) mass is 294 g/mol. The van der Waals surface area contributed by atoms with Crippen LogP contribution in [0.1, 0.15) is 43.6 Å². The maximum Gasteiger partial charge on any atom is 0.303 e. The average Bonchev–Trinajstić information content (AvgIpc) is 2.98. The minimum Gasteiger partial charge on any atom is -0.481 e. The second-order valence-electron chi connectivity index (χ2n) is 5.86. The van der Waals surface area contributed by atoms with Gasteiger partial charge in [-0.15, -0.1) is 0 Å². The first-order valence-corrected chi connectivity index (χ1v) is 7.19. The van der Waals surface area contributed by atoms with Crippen LogP contribution in [-0.2, 0) is 16.1 Å². The van der Waals surface area contributed by atoms with Gasteiger partial charge in [0.25, 0.3) is 0 Å². The van der Waals surface area contributed by atoms with Crippen LogP contribution >= 0.6 is 0 Å². The summed E-state index contributed by atoms with van der Waals surface area (Å²) < 4.78 is 5.75. The number of carbonyl (C=O) groups excluding carboxylic acids is 1. The van der Waals surface area contributed by atoms with Crippen molar-refractivity contribution in [1.29, 1.82) is 0 Å². The number of nitrogens with two attached hydrogens (primary N) is 1. The highest BCUT2D eigenvalue weighted by Crippen LogP contribution is 2.47. The Labute approximate surface area is 123 Å². The van der Waals surface area contributed by atoms with Gasteiger partial charge in [0, 0.05) is 19.4 Å². The fraction of sp³-hybridized carbons (Fsp3) is 0.600. The molecule has 2 rings (SSSR count). The molecule has 1 amide bonds. The number of carboxylic acids is 1. The van der Waals surface area contributed by atoms with Gasteiger partial charge in [0.05, 0.1) is 12.6 Å². The van der Waals surface area contributed by atoms with E-state index in [1.54, 1.807) is 7.05 Å². The Morgan fingerprint density at radius 3 is 2.76 bits per heavy atom. The van der Waals surface area contributed by atoms with Gasteiger partial charge in [-0.3, -0.25) is 9.59 Å². The van der Waals surface area contributed by atoms with Crippen LogP contribution < -0.4 is 5.73 Å². The average molecular weight is 294 g/mol. The third kappa shape index (κ3) is 4.07. The fourth-order valence-corrected chi connectivity index (χ4v) is 2.39. The maximum absolute atomic E-state index is 12.0. The molecule has 3 atom stereocenters. The first-order valence-electron chi connectivity index (χ1n) is 7.19. The number of carboxylic acid groups (broad SMARTS) is 1. The van der Waals surface area contributed by atoms with E-state index in [-0.39, 0.29) is 18.7 Å². The molecule has 0 bridgehead atoms. The van der Waals surface area contributed by atoms with Crippen LogP contribution in [0.4, 0.5) is 0 Å². The first kappa shape index (κ1) is 15.6. The van der Waals surface area contributed by atoms with Gasteiger partial charge in [0.2, 0.25) is 5.91 Å². The van der Waals surface area contributed by atoms with Crippen LogP contribution in [0.5, 0.6) is 0 Å². The minimum atomic E-state index is -0.949. The molecule has 1 aromatic heterocycles. The summed E-state index contributed by atoms with van der Waals surface area (Å²) in [5, 5.41) is 8.60. The van der Waals surface area contributed by atoms with Crippen molar-refractivity contribution in [2.24, 2.45) is 11.7 Å². The normalized spacial score (nSPS) is 21.9. The summed E-state index contributed by atoms with van der Waals surface area (Å²) in [6.07, 6.45) is 1.19. The third-order valence-corrected chi connectivity index (χ3v) is 3.91. The topological polar surface area (TPSA) is 96.8 Å². The zero-order valence-electron chi connectivity index (χ0n) is 12.4. The van der Waals surface area contributed by atoms with Crippen LogP contribution in [0.25, 0.3) is 0 Å². The standard InChI is InChI=1S/C15H22N2O4/c1-9-7-11(9)13-5-3-10(21-13)8-17(2)15(20)12(16)4-6-14(18)19/h3,5,9,11-12H,4,6-8,16H2,1-2H3,(H,18,19). The largest absolute Gasteiger partial charge is 0.481 e. The van der Waals surface area contributed by atoms with Crippen molar-refractivity contribution in [1.82, 2.24) is 4.90 Å². The van der Waals surface area contributed by atoms with Crippen molar-refractivity contribution in [2.75, 3.05) is 7.05 Å². The SMILES string of the molecule is CC1CC1c1ccc(CN(C)C(=O)C(N)CCC(=O)O)o1. The van der Waals surface area contributed by atoms with Gasteiger partial charge in [0.1, 0.15) is 11.5 Å². The van der Waals surface area contributed by atoms with Crippen molar-refractivity contribution in [2.45, 2.75) is 44.7 Å². The maximum atomic E-state index is 12.0. The lowest BCUT2D eigenvalue weighted by molar-refractivity contribution is -0.137. The number of carbonyl (C=O) groups is 2. The minimum absolute atomic E-state index is 0.106. The van der Waals surface area contributed by atoms with Crippen molar-refractivity contribution in [3.8, 4) is 0 Å². The highest BCUT2D eigenvalue weighted by atomic mass is 16.4. The van der Waals surface area contributed by atoms with Crippen LogP contribution in [0.2, 0.25) is 0 Å². The van der Waals surface area contributed by atoms with Gasteiger partial charge in [0.15, 0.2) is 0 Å². The number of amides is 1. The van der Waals surface area contributed by atoms with Gasteiger partial charge in [-0.25, -0.2) is 0 Å². The van der Waals surface area contributed by atoms with E-state index in [0.717, 1.165) is 17.9 Å². The first-order chi connectivity index (χ1) is 9.88. The molecular weight excluding hydrogens is 272 g/mol. The molecule has 1 aliphatic rings. The number of rotatable bonds is 7. The summed E-state index contributed by atoms with van der Waals surface area (Å²) in [6.45, 7) is 2.53. The summed E-state index contributed by atoms with van der Waals surface area (Å²) >= 11 is 0. The lowest BCUT2D eigenvalue weighted by Gasteiger charge is -2.19. The van der Waals surface area contributed by atoms with E-state index < -0.39 is 12.0 Å². The Morgan fingerprint density at radius 2 is 2.19 bits per heavy atom. The summed E-state index contributed by atoms with van der Waals surface area (Å²) in [7, 11) is 1.64. The lowest BCUT2D eigenvalue weighted by atomic mass is 10.1. The van der Waals surface area contributed by atoms with Gasteiger partial charge in [-0.05, 0) is 30.9 Å². The predicted octanol–water partition coefficient (Wildman–Crippen LogP) is 1.55. The molecule has 0 saturated heterocycles. The molecule has 0 aromatic carbocycles. The zero-order chi connectivity index (χ0) is 15.6. The van der Waals surface area contributed by atoms with Gasteiger partial charge >= 0.3 is 5.97 Å². The van der Waals surface area contributed by atoms with Gasteiger partial charge in [-0.2, -0.15) is 0 Å². The molecule has 0 spiro atoms. The Morgan fingerprint density at radius 1 is 1.52 bits per heavy atom. The number of furan rings is 1. The Hall–Kier alpha value is -1.82. The molecule has 1 heterocycles. The van der Waals surface area contributed by atoms with E-state index in [1.165, 1.54) is 4.90 Å². The third-order valence-electron chi connectivity index (χ3n) is 3.91. The lowest BCUT2D eigenvalue weighted by Crippen LogP contribution is -2.41. The van der Waals surface area contributed by atoms with E-state index in [0.29, 0.717) is 18.4 Å². The Balaban J connectivity index is 1.85. The van der Waals surface area contributed by atoms with E-state index in [1.807, 2.05) is 12.1 Å².